The van der Waals surface area contributed by atoms with Gasteiger partial charge in [0.25, 0.3) is 0 Å². The Morgan fingerprint density at radius 3 is 2.50 bits per heavy atom. The van der Waals surface area contributed by atoms with Crippen molar-refractivity contribution in [2.24, 2.45) is 0 Å². The number of aryl methyl sites for hydroxylation is 1. The van der Waals surface area contributed by atoms with Gasteiger partial charge in [0.05, 0.1) is 18.1 Å². The Balaban J connectivity index is 1.63. The lowest BCUT2D eigenvalue weighted by atomic mass is 10.2. The normalized spacial score (nSPS) is 16.4. The van der Waals surface area contributed by atoms with Gasteiger partial charge in [0, 0.05) is 38.0 Å². The number of sulfonamides is 2. The summed E-state index contributed by atoms with van der Waals surface area (Å²) in [7, 11) is -7.11. The van der Waals surface area contributed by atoms with Crippen LogP contribution in [0.4, 0.5) is 0 Å². The fourth-order valence-corrected chi connectivity index (χ4v) is 6.01. The van der Waals surface area contributed by atoms with E-state index in [0.29, 0.717) is 22.3 Å². The lowest BCUT2D eigenvalue weighted by Gasteiger charge is -2.43. The summed E-state index contributed by atoms with van der Waals surface area (Å²) in [4.78, 5) is 4.06. The van der Waals surface area contributed by atoms with Crippen LogP contribution >= 0.6 is 11.6 Å². The van der Waals surface area contributed by atoms with Gasteiger partial charge in [-0.1, -0.05) is 35.0 Å². The van der Waals surface area contributed by atoms with Crippen LogP contribution in [0.5, 0.6) is 0 Å². The molecule has 12 heteroatoms. The minimum absolute atomic E-state index is 0.102. The van der Waals surface area contributed by atoms with Crippen LogP contribution in [0.15, 0.2) is 28.8 Å². The average molecular weight is 449 g/mol. The van der Waals surface area contributed by atoms with Crippen molar-refractivity contribution in [2.75, 3.05) is 25.9 Å². The highest BCUT2D eigenvalue weighted by atomic mass is 35.5. The molecule has 0 saturated carbocycles. The highest BCUT2D eigenvalue weighted by Gasteiger charge is 2.42. The first-order valence-electron chi connectivity index (χ1n) is 8.53. The van der Waals surface area contributed by atoms with Gasteiger partial charge < -0.3 is 4.52 Å². The summed E-state index contributed by atoms with van der Waals surface area (Å²) in [6, 6.07) is 6.32. The molecule has 1 aliphatic heterocycles. The van der Waals surface area contributed by atoms with E-state index in [1.54, 1.807) is 31.2 Å². The van der Waals surface area contributed by atoms with Crippen molar-refractivity contribution in [3.63, 3.8) is 0 Å². The first kappa shape index (κ1) is 21.2. The number of nitrogens with zero attached hydrogens (tertiary/aromatic N) is 4. The molecule has 9 nitrogen and oxygen atoms in total. The summed E-state index contributed by atoms with van der Waals surface area (Å²) < 4.78 is 57.0. The zero-order valence-electron chi connectivity index (χ0n) is 15.4. The van der Waals surface area contributed by atoms with Crippen molar-refractivity contribution < 1.29 is 21.4 Å². The predicted molar refractivity (Wildman–Crippen MR) is 104 cm³/mol. The SMILES string of the molecule is Cc1nc(CCN(C2CN(S(=O)(=O)Cc3ccccc3Cl)C2)S(C)(=O)=O)no1. The predicted octanol–water partition coefficient (Wildman–Crippen LogP) is 1.05. The zero-order chi connectivity index (χ0) is 20.5. The molecule has 0 amide bonds. The Labute approximate surface area is 169 Å². The van der Waals surface area contributed by atoms with Gasteiger partial charge in [0.1, 0.15) is 0 Å². The van der Waals surface area contributed by atoms with Gasteiger partial charge in [-0.15, -0.1) is 0 Å². The standard InChI is InChI=1S/C16H21ClN4O5S2/c1-12-18-16(19-26-12)7-8-21(27(2,22)23)14-9-20(10-14)28(24,25)11-13-5-3-4-6-15(13)17/h3-6,14H,7-11H2,1-2H3. The molecule has 1 aromatic heterocycles. The Kier molecular flexibility index (Phi) is 6.11. The van der Waals surface area contributed by atoms with Crippen LogP contribution in [-0.4, -0.2) is 67.5 Å². The number of benzene rings is 1. The molecule has 154 valence electrons. The smallest absolute Gasteiger partial charge is 0.223 e. The third kappa shape index (κ3) is 4.90. The summed E-state index contributed by atoms with van der Waals surface area (Å²) in [6.07, 6.45) is 1.39. The van der Waals surface area contributed by atoms with E-state index in [1.165, 1.54) is 8.61 Å². The van der Waals surface area contributed by atoms with Crippen molar-refractivity contribution in [2.45, 2.75) is 25.1 Å². The third-order valence-corrected chi connectivity index (χ3v) is 7.94. The van der Waals surface area contributed by atoms with Crippen molar-refractivity contribution in [3.8, 4) is 0 Å². The van der Waals surface area contributed by atoms with Gasteiger partial charge in [-0.2, -0.15) is 13.6 Å². The average Bonchev–Trinajstić information content (AvgIpc) is 2.95. The molecule has 1 saturated heterocycles. The molecule has 0 bridgehead atoms. The Hall–Kier alpha value is -1.53. The molecule has 0 spiro atoms. The highest BCUT2D eigenvalue weighted by molar-refractivity contribution is 7.88. The Morgan fingerprint density at radius 1 is 1.25 bits per heavy atom. The largest absolute Gasteiger partial charge is 0.340 e. The molecule has 28 heavy (non-hydrogen) atoms. The maximum Gasteiger partial charge on any atom is 0.223 e. The monoisotopic (exact) mass is 448 g/mol. The minimum atomic E-state index is -3.59. The van der Waals surface area contributed by atoms with Gasteiger partial charge >= 0.3 is 0 Å². The van der Waals surface area contributed by atoms with E-state index < -0.39 is 26.1 Å². The first-order valence-corrected chi connectivity index (χ1v) is 12.4. The second kappa shape index (κ2) is 8.07. The van der Waals surface area contributed by atoms with E-state index in [2.05, 4.69) is 10.1 Å². The molecule has 2 aromatic rings. The molecule has 0 aliphatic carbocycles. The van der Waals surface area contributed by atoms with Gasteiger partial charge in [-0.25, -0.2) is 16.8 Å². The van der Waals surface area contributed by atoms with Crippen molar-refractivity contribution >= 4 is 31.6 Å². The molecular weight excluding hydrogens is 428 g/mol. The fraction of sp³-hybridized carbons (Fsp3) is 0.500. The van der Waals surface area contributed by atoms with E-state index in [1.807, 2.05) is 0 Å². The van der Waals surface area contributed by atoms with Crippen molar-refractivity contribution in [1.29, 1.82) is 0 Å². The van der Waals surface area contributed by atoms with E-state index in [9.17, 15) is 16.8 Å². The Morgan fingerprint density at radius 2 is 1.93 bits per heavy atom. The molecule has 0 unspecified atom stereocenters. The maximum atomic E-state index is 12.6. The van der Waals surface area contributed by atoms with Crippen LogP contribution in [0, 0.1) is 6.92 Å². The summed E-state index contributed by atoms with van der Waals surface area (Å²) in [5.41, 5.74) is 0.514. The van der Waals surface area contributed by atoms with Crippen LogP contribution in [0.3, 0.4) is 0 Å². The molecule has 1 aliphatic rings. The highest BCUT2D eigenvalue weighted by Crippen LogP contribution is 2.25. The fourth-order valence-electron chi connectivity index (χ4n) is 3.00. The second-order valence-electron chi connectivity index (χ2n) is 6.67. The molecule has 2 heterocycles. The number of hydrogen-bond acceptors (Lipinski definition) is 7. The molecule has 0 radical (unpaired) electrons. The van der Waals surface area contributed by atoms with Gasteiger partial charge in [-0.3, -0.25) is 0 Å². The molecule has 1 fully saturated rings. The number of rotatable bonds is 8. The summed E-state index contributed by atoms with van der Waals surface area (Å²) in [5.74, 6) is 0.593. The van der Waals surface area contributed by atoms with Crippen molar-refractivity contribution in [3.05, 3.63) is 46.6 Å². The lowest BCUT2D eigenvalue weighted by molar-refractivity contribution is 0.155. The summed E-state index contributed by atoms with van der Waals surface area (Å²) in [6.45, 7) is 2.01. The third-order valence-electron chi connectivity index (χ3n) is 4.48. The van der Waals surface area contributed by atoms with Crippen molar-refractivity contribution in [1.82, 2.24) is 18.8 Å². The van der Waals surface area contributed by atoms with Gasteiger partial charge in [0.15, 0.2) is 5.82 Å². The molecular formula is C16H21ClN4O5S2. The summed E-state index contributed by atoms with van der Waals surface area (Å²) >= 11 is 6.05. The second-order valence-corrected chi connectivity index (χ2v) is 11.0. The molecule has 1 aromatic carbocycles. The molecule has 3 rings (SSSR count). The van der Waals surface area contributed by atoms with Crippen LogP contribution in [0.25, 0.3) is 0 Å². The number of hydrogen-bond donors (Lipinski definition) is 0. The zero-order valence-corrected chi connectivity index (χ0v) is 17.8. The van der Waals surface area contributed by atoms with E-state index >= 15 is 0 Å². The molecule has 0 N–H and O–H groups in total. The maximum absolute atomic E-state index is 12.6. The van der Waals surface area contributed by atoms with Crippen LogP contribution in [0.1, 0.15) is 17.3 Å². The quantitative estimate of drug-likeness (QED) is 0.592. The molecule has 0 atom stereocenters. The number of halogens is 1. The Bertz CT molecular complexity index is 1050. The lowest BCUT2D eigenvalue weighted by Crippen LogP contribution is -2.62. The van der Waals surface area contributed by atoms with E-state index in [4.69, 9.17) is 16.1 Å². The van der Waals surface area contributed by atoms with Crippen LogP contribution < -0.4 is 0 Å². The van der Waals surface area contributed by atoms with Gasteiger partial charge in [-0.05, 0) is 11.6 Å². The minimum Gasteiger partial charge on any atom is -0.340 e. The number of aromatic nitrogens is 2. The summed E-state index contributed by atoms with van der Waals surface area (Å²) in [5, 5.41) is 4.14. The first-order chi connectivity index (χ1) is 13.1. The van der Waals surface area contributed by atoms with Crippen LogP contribution in [-0.2, 0) is 32.2 Å². The van der Waals surface area contributed by atoms with Gasteiger partial charge in [0.2, 0.25) is 25.9 Å². The van der Waals surface area contributed by atoms with E-state index in [0.717, 1.165) is 6.26 Å². The van der Waals surface area contributed by atoms with E-state index in [-0.39, 0.29) is 31.8 Å². The van der Waals surface area contributed by atoms with Crippen LogP contribution in [0.2, 0.25) is 5.02 Å². The topological polar surface area (TPSA) is 114 Å².